The summed E-state index contributed by atoms with van der Waals surface area (Å²) in [4.78, 5) is 18.1. The van der Waals surface area contributed by atoms with Gasteiger partial charge in [-0.05, 0) is 61.2 Å². The van der Waals surface area contributed by atoms with Gasteiger partial charge in [0.1, 0.15) is 5.60 Å². The van der Waals surface area contributed by atoms with E-state index in [4.69, 9.17) is 4.74 Å². The van der Waals surface area contributed by atoms with Crippen LogP contribution in [0.5, 0.6) is 0 Å². The molecule has 0 aromatic rings. The molecule has 144 valence electrons. The third kappa shape index (κ3) is 17.6. The minimum absolute atomic E-state index is 0. The lowest BCUT2D eigenvalue weighted by molar-refractivity contribution is 0.0527. The molecule has 0 radical (unpaired) electrons. The van der Waals surface area contributed by atoms with Gasteiger partial charge >= 0.3 is 6.09 Å². The number of hydrogen-bond donors (Lipinski definition) is 3. The van der Waals surface area contributed by atoms with Crippen LogP contribution in [0.25, 0.3) is 0 Å². The summed E-state index contributed by atoms with van der Waals surface area (Å²) >= 11 is 0. The maximum atomic E-state index is 11.5. The number of carbonyl (C=O) groups excluding carboxylic acids is 1. The van der Waals surface area contributed by atoms with E-state index in [-0.39, 0.29) is 30.1 Å². The average molecular weight is 457 g/mol. The molecule has 0 fully saturated rings. The van der Waals surface area contributed by atoms with Gasteiger partial charge in [-0.3, -0.25) is 4.99 Å². The second-order valence-corrected chi connectivity index (χ2v) is 6.63. The molecule has 0 aliphatic rings. The van der Waals surface area contributed by atoms with E-state index in [0.29, 0.717) is 13.1 Å². The first-order valence-electron chi connectivity index (χ1n) is 8.38. The molecule has 0 heterocycles. The minimum Gasteiger partial charge on any atom is -0.444 e. The zero-order valence-electron chi connectivity index (χ0n) is 16.1. The van der Waals surface area contributed by atoms with E-state index in [1.165, 1.54) is 0 Å². The van der Waals surface area contributed by atoms with Gasteiger partial charge in [-0.15, -0.1) is 24.0 Å². The SMILES string of the molecule is CCNC(=NCCCNC(=O)OC(C)(C)C)NCCCN(C)C.I. The highest BCUT2D eigenvalue weighted by atomic mass is 127. The Kier molecular flexibility index (Phi) is 15.5. The monoisotopic (exact) mass is 457 g/mol. The van der Waals surface area contributed by atoms with Crippen molar-refractivity contribution in [2.75, 3.05) is 46.8 Å². The fraction of sp³-hybridized carbons (Fsp3) is 0.875. The molecule has 3 N–H and O–H groups in total. The van der Waals surface area contributed by atoms with Gasteiger partial charge in [-0.2, -0.15) is 0 Å². The number of nitrogens with zero attached hydrogens (tertiary/aromatic N) is 2. The van der Waals surface area contributed by atoms with Crippen LogP contribution in [-0.2, 0) is 4.74 Å². The number of amides is 1. The van der Waals surface area contributed by atoms with E-state index >= 15 is 0 Å². The molecule has 7 nitrogen and oxygen atoms in total. The summed E-state index contributed by atoms with van der Waals surface area (Å²) < 4.78 is 5.17. The predicted molar refractivity (Wildman–Crippen MR) is 111 cm³/mol. The van der Waals surface area contributed by atoms with Gasteiger partial charge in [0.25, 0.3) is 0 Å². The lowest BCUT2D eigenvalue weighted by atomic mass is 10.2. The number of halogens is 1. The molecule has 0 aromatic carbocycles. The molecule has 1 amide bonds. The Bertz CT molecular complexity index is 357. The summed E-state index contributed by atoms with van der Waals surface area (Å²) in [5.41, 5.74) is -0.461. The molecule has 0 aliphatic heterocycles. The molecule has 0 spiro atoms. The molecule has 8 heteroatoms. The van der Waals surface area contributed by atoms with Gasteiger partial charge in [0.05, 0.1) is 0 Å². The van der Waals surface area contributed by atoms with Crippen molar-refractivity contribution in [2.24, 2.45) is 4.99 Å². The largest absolute Gasteiger partial charge is 0.444 e. The van der Waals surface area contributed by atoms with Crippen molar-refractivity contribution in [1.82, 2.24) is 20.9 Å². The van der Waals surface area contributed by atoms with E-state index < -0.39 is 5.60 Å². The number of rotatable bonds is 9. The lowest BCUT2D eigenvalue weighted by Crippen LogP contribution is -2.38. The van der Waals surface area contributed by atoms with Crippen LogP contribution in [0.4, 0.5) is 4.79 Å². The zero-order valence-corrected chi connectivity index (χ0v) is 18.4. The third-order valence-corrected chi connectivity index (χ3v) is 2.69. The quantitative estimate of drug-likeness (QED) is 0.214. The topological polar surface area (TPSA) is 78.0 Å². The maximum absolute atomic E-state index is 11.5. The maximum Gasteiger partial charge on any atom is 0.407 e. The number of carbonyl (C=O) groups is 1. The fourth-order valence-corrected chi connectivity index (χ4v) is 1.72. The standard InChI is InChI=1S/C16H35N5O2.HI/c1-7-17-14(19-12-9-13-21(5)6)18-10-8-11-20-15(22)23-16(2,3)4;/h7-13H2,1-6H3,(H,20,22)(H2,17,18,19);1H. The molecule has 24 heavy (non-hydrogen) atoms. The molecule has 0 atom stereocenters. The van der Waals surface area contributed by atoms with E-state index in [2.05, 4.69) is 39.9 Å². The normalized spacial score (nSPS) is 11.7. The van der Waals surface area contributed by atoms with Crippen molar-refractivity contribution >= 4 is 36.0 Å². The summed E-state index contributed by atoms with van der Waals surface area (Å²) in [6.07, 6.45) is 1.46. The summed E-state index contributed by atoms with van der Waals surface area (Å²) in [5, 5.41) is 9.25. The van der Waals surface area contributed by atoms with Crippen LogP contribution in [0, 0.1) is 0 Å². The van der Waals surface area contributed by atoms with Crippen molar-refractivity contribution in [3.05, 3.63) is 0 Å². The van der Waals surface area contributed by atoms with Crippen molar-refractivity contribution < 1.29 is 9.53 Å². The van der Waals surface area contributed by atoms with Crippen molar-refractivity contribution in [3.63, 3.8) is 0 Å². The van der Waals surface area contributed by atoms with Crippen LogP contribution in [0.15, 0.2) is 4.99 Å². The molecule has 0 bridgehead atoms. The van der Waals surface area contributed by atoms with Crippen molar-refractivity contribution in [2.45, 2.75) is 46.1 Å². The van der Waals surface area contributed by atoms with Gasteiger partial charge in [0.15, 0.2) is 5.96 Å². The lowest BCUT2D eigenvalue weighted by Gasteiger charge is -2.19. The van der Waals surface area contributed by atoms with Crippen LogP contribution in [-0.4, -0.2) is 69.4 Å². The Morgan fingerprint density at radius 2 is 1.71 bits per heavy atom. The number of ether oxygens (including phenoxy) is 1. The highest BCUT2D eigenvalue weighted by Crippen LogP contribution is 2.06. The Hall–Kier alpha value is -0.770. The van der Waals surface area contributed by atoms with Gasteiger partial charge in [0, 0.05) is 26.2 Å². The summed E-state index contributed by atoms with van der Waals surface area (Å²) in [7, 11) is 4.13. The molecule has 0 unspecified atom stereocenters. The molecule has 0 aliphatic carbocycles. The first kappa shape index (κ1) is 25.5. The third-order valence-electron chi connectivity index (χ3n) is 2.69. The molecular weight excluding hydrogens is 421 g/mol. The first-order chi connectivity index (χ1) is 10.7. The van der Waals surface area contributed by atoms with E-state index in [1.807, 2.05) is 27.7 Å². The molecule has 0 saturated heterocycles. The predicted octanol–water partition coefficient (Wildman–Crippen LogP) is 2.03. The fourth-order valence-electron chi connectivity index (χ4n) is 1.72. The van der Waals surface area contributed by atoms with Crippen molar-refractivity contribution in [1.29, 1.82) is 0 Å². The van der Waals surface area contributed by atoms with Crippen LogP contribution in [0.2, 0.25) is 0 Å². The van der Waals surface area contributed by atoms with E-state index in [9.17, 15) is 4.79 Å². The summed E-state index contributed by atoms with van der Waals surface area (Å²) in [5.74, 6) is 0.823. The highest BCUT2D eigenvalue weighted by molar-refractivity contribution is 14.0. The van der Waals surface area contributed by atoms with Gasteiger partial charge in [-0.1, -0.05) is 0 Å². The number of alkyl carbamates (subject to hydrolysis) is 1. The summed E-state index contributed by atoms with van der Waals surface area (Å²) in [6.45, 7) is 11.6. The number of guanidine groups is 1. The Morgan fingerprint density at radius 3 is 2.25 bits per heavy atom. The van der Waals surface area contributed by atoms with Gasteiger partial charge in [-0.25, -0.2) is 4.79 Å². The Morgan fingerprint density at radius 1 is 1.08 bits per heavy atom. The average Bonchev–Trinajstić information content (AvgIpc) is 2.40. The Balaban J connectivity index is 0. The molecular formula is C16H36IN5O2. The zero-order chi connectivity index (χ0) is 17.7. The van der Waals surface area contributed by atoms with Crippen LogP contribution in [0.1, 0.15) is 40.5 Å². The van der Waals surface area contributed by atoms with E-state index in [0.717, 1.165) is 38.4 Å². The molecule has 0 saturated carbocycles. The minimum atomic E-state index is -0.461. The van der Waals surface area contributed by atoms with Crippen molar-refractivity contribution in [3.8, 4) is 0 Å². The molecule has 0 rings (SSSR count). The van der Waals surface area contributed by atoms with E-state index in [1.54, 1.807) is 0 Å². The number of nitrogens with one attached hydrogen (secondary N) is 3. The second kappa shape index (κ2) is 14.6. The smallest absolute Gasteiger partial charge is 0.407 e. The van der Waals surface area contributed by atoms with Crippen LogP contribution >= 0.6 is 24.0 Å². The molecule has 0 aromatic heterocycles. The number of hydrogen-bond acceptors (Lipinski definition) is 4. The first-order valence-corrected chi connectivity index (χ1v) is 8.38. The van der Waals surface area contributed by atoms with Crippen LogP contribution in [0.3, 0.4) is 0 Å². The van der Waals surface area contributed by atoms with Crippen LogP contribution < -0.4 is 16.0 Å². The van der Waals surface area contributed by atoms with Gasteiger partial charge in [0.2, 0.25) is 0 Å². The summed E-state index contributed by atoms with van der Waals surface area (Å²) in [6, 6.07) is 0. The Labute approximate surface area is 164 Å². The second-order valence-electron chi connectivity index (χ2n) is 6.63. The van der Waals surface area contributed by atoms with Gasteiger partial charge < -0.3 is 25.6 Å². The number of aliphatic imine (C=N–C) groups is 1. The highest BCUT2D eigenvalue weighted by Gasteiger charge is 2.15.